The fourth-order valence-electron chi connectivity index (χ4n) is 0.732. The predicted octanol–water partition coefficient (Wildman–Crippen LogP) is -0.0962. The fraction of sp³-hybridized carbons (Fsp3) is 0.571. The van der Waals surface area contributed by atoms with Crippen LogP contribution in [0.2, 0.25) is 0 Å². The summed E-state index contributed by atoms with van der Waals surface area (Å²) in [6.45, 7) is 3.04. The SMILES string of the molecule is CCN(C(=O)NC)C(=O)NC(C)=O. The van der Waals surface area contributed by atoms with Crippen molar-refractivity contribution in [1.82, 2.24) is 15.5 Å². The van der Waals surface area contributed by atoms with E-state index in [1.165, 1.54) is 14.0 Å². The maximum Gasteiger partial charge on any atom is 0.332 e. The maximum atomic E-state index is 11.1. The molecule has 6 heteroatoms. The second-order valence-electron chi connectivity index (χ2n) is 2.29. The zero-order valence-electron chi connectivity index (χ0n) is 7.88. The number of urea groups is 2. The van der Waals surface area contributed by atoms with Crippen molar-refractivity contribution in [3.63, 3.8) is 0 Å². The number of amides is 5. The molecule has 0 aliphatic rings. The van der Waals surface area contributed by atoms with Crippen LogP contribution in [0.3, 0.4) is 0 Å². The number of hydrogen-bond acceptors (Lipinski definition) is 3. The molecule has 13 heavy (non-hydrogen) atoms. The van der Waals surface area contributed by atoms with E-state index < -0.39 is 18.0 Å². The minimum absolute atomic E-state index is 0.207. The van der Waals surface area contributed by atoms with Crippen LogP contribution in [0.15, 0.2) is 0 Å². The lowest BCUT2D eigenvalue weighted by Gasteiger charge is -2.17. The topological polar surface area (TPSA) is 78.5 Å². The summed E-state index contributed by atoms with van der Waals surface area (Å²) in [5, 5.41) is 4.28. The van der Waals surface area contributed by atoms with E-state index in [2.05, 4.69) is 5.32 Å². The Bertz CT molecular complexity index is 227. The van der Waals surface area contributed by atoms with E-state index in [9.17, 15) is 14.4 Å². The molecule has 0 aromatic heterocycles. The van der Waals surface area contributed by atoms with Gasteiger partial charge in [-0.25, -0.2) is 14.5 Å². The number of carbonyl (C=O) groups excluding carboxylic acids is 3. The first kappa shape index (κ1) is 11.4. The van der Waals surface area contributed by atoms with Gasteiger partial charge in [-0.2, -0.15) is 0 Å². The van der Waals surface area contributed by atoms with Crippen molar-refractivity contribution >= 4 is 18.0 Å². The standard InChI is InChI=1S/C7H13N3O3/c1-4-10(6(12)8-3)7(13)9-5(2)11/h4H2,1-3H3,(H,8,12)(H,9,11,13). The molecule has 0 saturated carbocycles. The van der Waals surface area contributed by atoms with Crippen LogP contribution in [0, 0.1) is 0 Å². The first-order valence-electron chi connectivity index (χ1n) is 3.83. The van der Waals surface area contributed by atoms with E-state index in [0.29, 0.717) is 0 Å². The summed E-state index contributed by atoms with van der Waals surface area (Å²) in [4.78, 5) is 33.5. The fourth-order valence-corrected chi connectivity index (χ4v) is 0.732. The van der Waals surface area contributed by atoms with Gasteiger partial charge in [0.15, 0.2) is 0 Å². The first-order valence-corrected chi connectivity index (χ1v) is 3.83. The molecule has 2 N–H and O–H groups in total. The quantitative estimate of drug-likeness (QED) is 0.601. The molecule has 5 amide bonds. The second-order valence-corrected chi connectivity index (χ2v) is 2.29. The summed E-state index contributed by atoms with van der Waals surface area (Å²) in [5.74, 6) is -0.493. The monoisotopic (exact) mass is 187 g/mol. The van der Waals surface area contributed by atoms with Crippen LogP contribution < -0.4 is 10.6 Å². The molecule has 0 fully saturated rings. The molecule has 74 valence electrons. The average Bonchev–Trinajstić information content (AvgIpc) is 2.03. The van der Waals surface area contributed by atoms with Gasteiger partial charge in [0.2, 0.25) is 5.91 Å². The third-order valence-electron chi connectivity index (χ3n) is 1.30. The van der Waals surface area contributed by atoms with Crippen molar-refractivity contribution < 1.29 is 14.4 Å². The van der Waals surface area contributed by atoms with Crippen molar-refractivity contribution in [2.24, 2.45) is 0 Å². The summed E-state index contributed by atoms with van der Waals surface area (Å²) in [6, 6.07) is -1.25. The van der Waals surface area contributed by atoms with E-state index in [0.717, 1.165) is 4.90 Å². The van der Waals surface area contributed by atoms with Crippen LogP contribution in [-0.4, -0.2) is 36.5 Å². The lowest BCUT2D eigenvalue weighted by atomic mass is 10.6. The Hall–Kier alpha value is -1.59. The second kappa shape index (κ2) is 5.13. The van der Waals surface area contributed by atoms with Crippen molar-refractivity contribution in [3.05, 3.63) is 0 Å². The molecule has 0 bridgehead atoms. The van der Waals surface area contributed by atoms with E-state index in [1.807, 2.05) is 5.32 Å². The van der Waals surface area contributed by atoms with Crippen LogP contribution >= 0.6 is 0 Å². The summed E-state index contributed by atoms with van der Waals surface area (Å²) in [5.41, 5.74) is 0. The zero-order valence-corrected chi connectivity index (χ0v) is 7.88. The Morgan fingerprint density at radius 3 is 2.08 bits per heavy atom. The molecule has 0 atom stereocenters. The van der Waals surface area contributed by atoms with E-state index >= 15 is 0 Å². The molecule has 0 spiro atoms. The molecule has 0 radical (unpaired) electrons. The Balaban J connectivity index is 4.31. The molecule has 0 heterocycles. The lowest BCUT2D eigenvalue weighted by molar-refractivity contribution is -0.118. The Morgan fingerprint density at radius 1 is 1.23 bits per heavy atom. The molecule has 6 nitrogen and oxygen atoms in total. The number of rotatable bonds is 1. The highest BCUT2D eigenvalue weighted by molar-refractivity contribution is 6.00. The number of hydrogen-bond donors (Lipinski definition) is 2. The largest absolute Gasteiger partial charge is 0.341 e. The number of imide groups is 2. The molecule has 0 saturated heterocycles. The molecular weight excluding hydrogens is 174 g/mol. The summed E-state index contributed by atoms with van der Waals surface area (Å²) < 4.78 is 0. The highest BCUT2D eigenvalue weighted by Crippen LogP contribution is 1.89. The lowest BCUT2D eigenvalue weighted by Crippen LogP contribution is -2.48. The smallest absolute Gasteiger partial charge is 0.332 e. The van der Waals surface area contributed by atoms with Gasteiger partial charge in [-0.3, -0.25) is 10.1 Å². The van der Waals surface area contributed by atoms with Crippen LogP contribution in [0.4, 0.5) is 9.59 Å². The van der Waals surface area contributed by atoms with Crippen LogP contribution in [0.5, 0.6) is 0 Å². The molecule has 0 aliphatic heterocycles. The third-order valence-corrected chi connectivity index (χ3v) is 1.30. The van der Waals surface area contributed by atoms with Gasteiger partial charge in [-0.15, -0.1) is 0 Å². The summed E-state index contributed by atoms with van der Waals surface area (Å²) in [7, 11) is 1.41. The van der Waals surface area contributed by atoms with Crippen LogP contribution in [0.1, 0.15) is 13.8 Å². The van der Waals surface area contributed by atoms with E-state index in [4.69, 9.17) is 0 Å². The molecule has 0 aliphatic carbocycles. The van der Waals surface area contributed by atoms with Gasteiger partial charge < -0.3 is 5.32 Å². The molecule has 0 aromatic carbocycles. The van der Waals surface area contributed by atoms with Crippen molar-refractivity contribution in [3.8, 4) is 0 Å². The maximum absolute atomic E-state index is 11.1. The Morgan fingerprint density at radius 2 is 1.77 bits per heavy atom. The first-order chi connectivity index (χ1) is 6.02. The molecule has 0 rings (SSSR count). The van der Waals surface area contributed by atoms with Crippen molar-refractivity contribution in [2.45, 2.75) is 13.8 Å². The van der Waals surface area contributed by atoms with Crippen LogP contribution in [0.25, 0.3) is 0 Å². The normalized spacial score (nSPS) is 8.85. The number of nitrogens with zero attached hydrogens (tertiary/aromatic N) is 1. The molecule has 0 aromatic rings. The Labute approximate surface area is 76.3 Å². The zero-order chi connectivity index (χ0) is 10.4. The van der Waals surface area contributed by atoms with Gasteiger partial charge in [0.25, 0.3) is 0 Å². The van der Waals surface area contributed by atoms with Gasteiger partial charge in [0.1, 0.15) is 0 Å². The highest BCUT2D eigenvalue weighted by Gasteiger charge is 2.18. The van der Waals surface area contributed by atoms with Crippen LogP contribution in [-0.2, 0) is 4.79 Å². The number of nitrogens with one attached hydrogen (secondary N) is 2. The highest BCUT2D eigenvalue weighted by atomic mass is 16.2. The van der Waals surface area contributed by atoms with Gasteiger partial charge in [-0.05, 0) is 6.92 Å². The molecular formula is C7H13N3O3. The predicted molar refractivity (Wildman–Crippen MR) is 46.0 cm³/mol. The Kier molecular flexibility index (Phi) is 4.50. The minimum Gasteiger partial charge on any atom is -0.341 e. The van der Waals surface area contributed by atoms with E-state index in [-0.39, 0.29) is 6.54 Å². The van der Waals surface area contributed by atoms with Gasteiger partial charge >= 0.3 is 12.1 Å². The molecule has 0 unspecified atom stereocenters. The summed E-state index contributed by atoms with van der Waals surface area (Å²) in [6.07, 6.45) is 0. The van der Waals surface area contributed by atoms with Crippen molar-refractivity contribution in [1.29, 1.82) is 0 Å². The van der Waals surface area contributed by atoms with Gasteiger partial charge in [-0.1, -0.05) is 0 Å². The average molecular weight is 187 g/mol. The third kappa shape index (κ3) is 3.55. The minimum atomic E-state index is -0.714. The van der Waals surface area contributed by atoms with Gasteiger partial charge in [0.05, 0.1) is 0 Å². The summed E-state index contributed by atoms with van der Waals surface area (Å²) >= 11 is 0. The van der Waals surface area contributed by atoms with E-state index in [1.54, 1.807) is 6.92 Å². The van der Waals surface area contributed by atoms with Gasteiger partial charge in [0, 0.05) is 20.5 Å². The number of carbonyl (C=O) groups is 3. The van der Waals surface area contributed by atoms with Crippen molar-refractivity contribution in [2.75, 3.05) is 13.6 Å².